The summed E-state index contributed by atoms with van der Waals surface area (Å²) in [6, 6.07) is 17.2. The van der Waals surface area contributed by atoms with Gasteiger partial charge in [-0.25, -0.2) is 4.79 Å². The van der Waals surface area contributed by atoms with Crippen molar-refractivity contribution in [2.75, 3.05) is 5.43 Å². The number of nitrogens with one attached hydrogen (secondary N) is 2. The zero-order valence-electron chi connectivity index (χ0n) is 17.4. The molecule has 2 N–H and O–H groups in total. The molecule has 1 heterocycles. The first kappa shape index (κ1) is 18.7. The van der Waals surface area contributed by atoms with Crippen molar-refractivity contribution in [1.29, 1.82) is 0 Å². The van der Waals surface area contributed by atoms with Gasteiger partial charge in [0.25, 0.3) is 5.91 Å². The molecule has 0 spiro atoms. The predicted molar refractivity (Wildman–Crippen MR) is 120 cm³/mol. The van der Waals surface area contributed by atoms with Gasteiger partial charge in [0.05, 0.1) is 5.69 Å². The molecule has 158 valence electrons. The van der Waals surface area contributed by atoms with E-state index in [4.69, 9.17) is 4.42 Å². The second-order valence-corrected chi connectivity index (χ2v) is 9.84. The molecule has 5 heteroatoms. The molecule has 0 aliphatic heterocycles. The Kier molecular flexibility index (Phi) is 4.20. The maximum Gasteiger partial charge on any atom is 0.349 e. The van der Waals surface area contributed by atoms with Crippen LogP contribution in [0, 0.1) is 17.8 Å². The summed E-state index contributed by atoms with van der Waals surface area (Å²) in [4.78, 5) is 25.1. The number of carbonyl (C=O) groups excluding carboxylic acids is 1. The van der Waals surface area contributed by atoms with Gasteiger partial charge in [0.15, 0.2) is 0 Å². The second-order valence-electron chi connectivity index (χ2n) is 9.84. The number of fused-ring (bicyclic) bond motifs is 1. The maximum atomic E-state index is 12.7. The standard InChI is InChI=1S/C26H26N2O3/c29-24(28-27-21-4-2-1-3-5-21)22-12-19-11-20(6-7-23(19)31-25(22)30)26-13-16-8-17(14-26)10-18(9-16)15-26/h1-7,11-12,16-18,27H,8-10,13-15H2,(H,28,29). The summed E-state index contributed by atoms with van der Waals surface area (Å²) in [5, 5.41) is 0.817. The fourth-order valence-electron chi connectivity index (χ4n) is 6.79. The summed E-state index contributed by atoms with van der Waals surface area (Å²) in [6.45, 7) is 0. The Balaban J connectivity index is 1.31. The highest BCUT2D eigenvalue weighted by Crippen LogP contribution is 2.60. The molecule has 3 aromatic rings. The highest BCUT2D eigenvalue weighted by Gasteiger charge is 2.51. The molecule has 7 rings (SSSR count). The number of hydrogen-bond acceptors (Lipinski definition) is 4. The van der Waals surface area contributed by atoms with Crippen molar-refractivity contribution in [3.05, 3.63) is 76.1 Å². The fraction of sp³-hybridized carbons (Fsp3) is 0.385. The van der Waals surface area contributed by atoms with Crippen LogP contribution in [0.2, 0.25) is 0 Å². The molecule has 0 radical (unpaired) electrons. The molecule has 5 nitrogen and oxygen atoms in total. The average Bonchev–Trinajstić information content (AvgIpc) is 2.76. The van der Waals surface area contributed by atoms with Gasteiger partial charge in [0.1, 0.15) is 11.1 Å². The van der Waals surface area contributed by atoms with Crippen molar-refractivity contribution in [3.8, 4) is 0 Å². The van der Waals surface area contributed by atoms with E-state index in [1.165, 1.54) is 44.1 Å². The first-order valence-corrected chi connectivity index (χ1v) is 11.3. The summed E-state index contributed by atoms with van der Waals surface area (Å²) in [6.07, 6.45) is 8.03. The zero-order chi connectivity index (χ0) is 21.0. The molecule has 0 atom stereocenters. The number of hydrogen-bond donors (Lipinski definition) is 2. The quantitative estimate of drug-likeness (QED) is 0.465. The molecule has 4 bridgehead atoms. The Bertz CT molecular complexity index is 1180. The van der Waals surface area contributed by atoms with Crippen molar-refractivity contribution in [1.82, 2.24) is 5.43 Å². The lowest BCUT2D eigenvalue weighted by Gasteiger charge is -2.57. The Hall–Kier alpha value is -3.08. The Labute approximate surface area is 180 Å². The van der Waals surface area contributed by atoms with Crippen LogP contribution in [0.15, 0.2) is 63.8 Å². The van der Waals surface area contributed by atoms with Gasteiger partial charge in [-0.1, -0.05) is 24.3 Å². The van der Waals surface area contributed by atoms with Crippen LogP contribution < -0.4 is 16.5 Å². The third-order valence-corrected chi connectivity index (χ3v) is 7.72. The summed E-state index contributed by atoms with van der Waals surface area (Å²) >= 11 is 0. The average molecular weight is 415 g/mol. The number of anilines is 1. The van der Waals surface area contributed by atoms with E-state index in [1.54, 1.807) is 6.07 Å². The predicted octanol–water partition coefficient (Wildman–Crippen LogP) is 5.02. The van der Waals surface area contributed by atoms with Crippen LogP contribution in [0.1, 0.15) is 54.4 Å². The topological polar surface area (TPSA) is 71.3 Å². The number of para-hydroxylation sites is 1. The molecule has 2 aromatic carbocycles. The fourth-order valence-corrected chi connectivity index (χ4v) is 6.79. The lowest BCUT2D eigenvalue weighted by molar-refractivity contribution is -0.00513. The van der Waals surface area contributed by atoms with Crippen LogP contribution in [-0.2, 0) is 5.41 Å². The molecule has 4 aliphatic rings. The maximum absolute atomic E-state index is 12.7. The van der Waals surface area contributed by atoms with Gasteiger partial charge in [-0.3, -0.25) is 15.6 Å². The molecule has 31 heavy (non-hydrogen) atoms. The van der Waals surface area contributed by atoms with E-state index < -0.39 is 11.5 Å². The van der Waals surface area contributed by atoms with Crippen molar-refractivity contribution >= 4 is 22.6 Å². The molecule has 4 saturated carbocycles. The molecule has 0 saturated heterocycles. The highest BCUT2D eigenvalue weighted by molar-refractivity contribution is 5.97. The number of rotatable bonds is 4. The van der Waals surface area contributed by atoms with Crippen LogP contribution >= 0.6 is 0 Å². The zero-order valence-corrected chi connectivity index (χ0v) is 17.4. The molecular weight excluding hydrogens is 388 g/mol. The minimum Gasteiger partial charge on any atom is -0.422 e. The molecular formula is C26H26N2O3. The Morgan fingerprint density at radius 3 is 2.26 bits per heavy atom. The summed E-state index contributed by atoms with van der Waals surface area (Å²) in [5.74, 6) is 2.09. The smallest absolute Gasteiger partial charge is 0.349 e. The van der Waals surface area contributed by atoms with E-state index in [0.717, 1.165) is 28.8 Å². The monoisotopic (exact) mass is 414 g/mol. The van der Waals surface area contributed by atoms with E-state index in [-0.39, 0.29) is 11.0 Å². The van der Waals surface area contributed by atoms with Gasteiger partial charge in [-0.2, -0.15) is 0 Å². The van der Waals surface area contributed by atoms with E-state index in [0.29, 0.717) is 5.58 Å². The third kappa shape index (κ3) is 3.23. The molecule has 0 unspecified atom stereocenters. The van der Waals surface area contributed by atoms with Crippen LogP contribution in [0.25, 0.3) is 11.0 Å². The van der Waals surface area contributed by atoms with Crippen LogP contribution in [-0.4, -0.2) is 5.91 Å². The lowest BCUT2D eigenvalue weighted by Crippen LogP contribution is -2.48. The van der Waals surface area contributed by atoms with Crippen LogP contribution in [0.3, 0.4) is 0 Å². The highest BCUT2D eigenvalue weighted by atomic mass is 16.4. The van der Waals surface area contributed by atoms with Gasteiger partial charge in [0, 0.05) is 5.39 Å². The number of amides is 1. The molecule has 1 aromatic heterocycles. The number of carbonyl (C=O) groups is 1. The van der Waals surface area contributed by atoms with Gasteiger partial charge < -0.3 is 4.42 Å². The largest absolute Gasteiger partial charge is 0.422 e. The minimum absolute atomic E-state index is 0.0126. The van der Waals surface area contributed by atoms with Gasteiger partial charge in [0.2, 0.25) is 0 Å². The first-order chi connectivity index (χ1) is 15.1. The van der Waals surface area contributed by atoms with Gasteiger partial charge in [-0.05, 0) is 97.6 Å². The van der Waals surface area contributed by atoms with Crippen LogP contribution in [0.4, 0.5) is 5.69 Å². The summed E-state index contributed by atoms with van der Waals surface area (Å²) < 4.78 is 5.50. The second kappa shape index (κ2) is 6.98. The SMILES string of the molecule is O=C(NNc1ccccc1)c1cc2cc(C34CC5CC(CC(C5)C3)C4)ccc2oc1=O. The third-order valence-electron chi connectivity index (χ3n) is 7.72. The van der Waals surface area contributed by atoms with E-state index >= 15 is 0 Å². The van der Waals surface area contributed by atoms with Crippen molar-refractivity contribution < 1.29 is 9.21 Å². The Morgan fingerprint density at radius 1 is 0.903 bits per heavy atom. The van der Waals surface area contributed by atoms with Crippen molar-refractivity contribution in [2.45, 2.75) is 43.9 Å². The molecule has 1 amide bonds. The molecule has 4 fully saturated rings. The number of benzene rings is 2. The summed E-state index contributed by atoms with van der Waals surface area (Å²) in [5.41, 5.74) is 7.71. The van der Waals surface area contributed by atoms with Gasteiger partial charge >= 0.3 is 5.63 Å². The number of hydrazine groups is 1. The lowest BCUT2D eigenvalue weighted by atomic mass is 9.48. The molecule has 4 aliphatic carbocycles. The van der Waals surface area contributed by atoms with E-state index in [1.807, 2.05) is 36.4 Å². The van der Waals surface area contributed by atoms with Gasteiger partial charge in [-0.15, -0.1) is 0 Å². The summed E-state index contributed by atoms with van der Waals surface area (Å²) in [7, 11) is 0. The van der Waals surface area contributed by atoms with Crippen molar-refractivity contribution in [3.63, 3.8) is 0 Å². The van der Waals surface area contributed by atoms with E-state index in [9.17, 15) is 9.59 Å². The Morgan fingerprint density at radius 2 is 1.58 bits per heavy atom. The van der Waals surface area contributed by atoms with E-state index in [2.05, 4.69) is 23.0 Å². The normalized spacial score (nSPS) is 28.6. The minimum atomic E-state index is -0.623. The van der Waals surface area contributed by atoms with Crippen LogP contribution in [0.5, 0.6) is 0 Å². The van der Waals surface area contributed by atoms with Crippen molar-refractivity contribution in [2.24, 2.45) is 17.8 Å². The first-order valence-electron chi connectivity index (χ1n) is 11.3.